The minimum atomic E-state index is -0.398. The van der Waals surface area contributed by atoms with Crippen molar-refractivity contribution in [3.05, 3.63) is 65.5 Å². The summed E-state index contributed by atoms with van der Waals surface area (Å²) in [6.45, 7) is 4.40. The molecule has 0 unspecified atom stereocenters. The van der Waals surface area contributed by atoms with Crippen LogP contribution in [0.25, 0.3) is 0 Å². The predicted octanol–water partition coefficient (Wildman–Crippen LogP) is 3.23. The average molecular weight is 511 g/mol. The maximum absolute atomic E-state index is 13.2. The number of nitrogens with one attached hydrogen (secondary N) is 1. The van der Waals surface area contributed by atoms with Gasteiger partial charge < -0.3 is 24.8 Å². The van der Waals surface area contributed by atoms with Crippen LogP contribution >= 0.6 is 0 Å². The van der Waals surface area contributed by atoms with Gasteiger partial charge in [0, 0.05) is 50.7 Å². The van der Waals surface area contributed by atoms with E-state index in [1.54, 1.807) is 45.9 Å². The van der Waals surface area contributed by atoms with Crippen molar-refractivity contribution in [3.8, 4) is 0 Å². The molecule has 0 aliphatic carbocycles. The fourth-order valence-corrected chi connectivity index (χ4v) is 4.61. The molecule has 2 aromatic carbocycles. The van der Waals surface area contributed by atoms with E-state index in [-0.39, 0.29) is 29.7 Å². The Morgan fingerprint density at radius 3 is 2.08 bits per heavy atom. The first-order valence-electron chi connectivity index (χ1n) is 12.5. The van der Waals surface area contributed by atoms with Crippen molar-refractivity contribution < 1.29 is 28.3 Å². The number of halogens is 1. The molecule has 0 saturated carbocycles. The second-order valence-corrected chi connectivity index (χ2v) is 9.09. The van der Waals surface area contributed by atoms with E-state index in [0.717, 1.165) is 0 Å². The van der Waals surface area contributed by atoms with Gasteiger partial charge in [-0.1, -0.05) is 12.1 Å². The van der Waals surface area contributed by atoms with Crippen LogP contribution in [-0.4, -0.2) is 84.4 Å². The van der Waals surface area contributed by atoms with Crippen LogP contribution in [0, 0.1) is 11.7 Å². The monoisotopic (exact) mass is 510 g/mol. The van der Waals surface area contributed by atoms with Gasteiger partial charge in [-0.2, -0.15) is 0 Å². The second kappa shape index (κ2) is 11.9. The highest BCUT2D eigenvalue weighted by atomic mass is 19.1. The molecular formula is C27H31FN4O5. The second-order valence-electron chi connectivity index (χ2n) is 9.09. The van der Waals surface area contributed by atoms with Crippen molar-refractivity contribution in [1.29, 1.82) is 0 Å². The number of piperidine rings is 1. The molecule has 2 aliphatic rings. The topological polar surface area (TPSA) is 99.3 Å². The minimum absolute atomic E-state index is 0.183. The van der Waals surface area contributed by atoms with E-state index < -0.39 is 5.82 Å². The van der Waals surface area contributed by atoms with Gasteiger partial charge >= 0.3 is 6.09 Å². The van der Waals surface area contributed by atoms with Crippen LogP contribution in [0.4, 0.5) is 14.9 Å². The Bertz CT molecular complexity index is 1140. The molecule has 2 saturated heterocycles. The van der Waals surface area contributed by atoms with E-state index >= 15 is 0 Å². The Balaban J connectivity index is 1.32. The third-order valence-corrected chi connectivity index (χ3v) is 6.75. The highest BCUT2D eigenvalue weighted by Crippen LogP contribution is 2.24. The van der Waals surface area contributed by atoms with Crippen molar-refractivity contribution in [1.82, 2.24) is 14.7 Å². The molecular weight excluding hydrogens is 479 g/mol. The number of anilines is 1. The summed E-state index contributed by atoms with van der Waals surface area (Å²) in [6, 6.07) is 12.3. The van der Waals surface area contributed by atoms with Gasteiger partial charge in [0.05, 0.1) is 17.9 Å². The third kappa shape index (κ3) is 6.25. The molecule has 2 aromatic rings. The van der Waals surface area contributed by atoms with Gasteiger partial charge in [-0.25, -0.2) is 9.18 Å². The lowest BCUT2D eigenvalue weighted by atomic mass is 9.95. The Hall–Kier alpha value is -3.95. The SMILES string of the molecule is CCOC(=O)N1CCN(C(=O)c2ccccc2NC(=O)C2CCN(C(=O)c3ccc(F)cc3)CC2)CC1. The number of carbonyl (C=O) groups is 4. The highest BCUT2D eigenvalue weighted by molar-refractivity contribution is 6.04. The van der Waals surface area contributed by atoms with Gasteiger partial charge in [-0.3, -0.25) is 14.4 Å². The van der Waals surface area contributed by atoms with E-state index in [2.05, 4.69) is 5.32 Å². The zero-order valence-electron chi connectivity index (χ0n) is 20.8. The highest BCUT2D eigenvalue weighted by Gasteiger charge is 2.30. The number of carbonyl (C=O) groups excluding carboxylic acids is 4. The van der Waals surface area contributed by atoms with Crippen LogP contribution in [0.2, 0.25) is 0 Å². The summed E-state index contributed by atoms with van der Waals surface area (Å²) in [6.07, 6.45) is 0.600. The maximum atomic E-state index is 13.2. The molecule has 2 aliphatic heterocycles. The van der Waals surface area contributed by atoms with Gasteiger partial charge in [0.25, 0.3) is 11.8 Å². The molecule has 2 heterocycles. The molecule has 37 heavy (non-hydrogen) atoms. The van der Waals surface area contributed by atoms with Crippen LogP contribution in [-0.2, 0) is 9.53 Å². The van der Waals surface area contributed by atoms with Crippen molar-refractivity contribution in [2.24, 2.45) is 5.92 Å². The number of amides is 4. The molecule has 0 bridgehead atoms. The molecule has 2 fully saturated rings. The molecule has 1 N–H and O–H groups in total. The number of likely N-dealkylation sites (tertiary alicyclic amines) is 1. The number of benzene rings is 2. The fourth-order valence-electron chi connectivity index (χ4n) is 4.61. The van der Waals surface area contributed by atoms with Gasteiger partial charge in [-0.15, -0.1) is 0 Å². The molecule has 9 nitrogen and oxygen atoms in total. The number of piperazine rings is 1. The molecule has 4 rings (SSSR count). The summed E-state index contributed by atoms with van der Waals surface area (Å²) < 4.78 is 18.2. The summed E-state index contributed by atoms with van der Waals surface area (Å²) in [5.41, 5.74) is 1.25. The van der Waals surface area contributed by atoms with E-state index in [1.807, 2.05) is 0 Å². The van der Waals surface area contributed by atoms with Crippen molar-refractivity contribution in [2.45, 2.75) is 19.8 Å². The van der Waals surface area contributed by atoms with E-state index in [4.69, 9.17) is 4.74 Å². The summed E-state index contributed by atoms with van der Waals surface area (Å²) in [5.74, 6) is -1.28. The van der Waals surface area contributed by atoms with Crippen molar-refractivity contribution in [3.63, 3.8) is 0 Å². The zero-order chi connectivity index (χ0) is 26.4. The molecule has 4 amide bonds. The lowest BCUT2D eigenvalue weighted by molar-refractivity contribution is -0.121. The van der Waals surface area contributed by atoms with Crippen LogP contribution in [0.15, 0.2) is 48.5 Å². The number of hydrogen-bond acceptors (Lipinski definition) is 5. The number of ether oxygens (including phenoxy) is 1. The lowest BCUT2D eigenvalue weighted by Crippen LogP contribution is -2.50. The molecule has 0 atom stereocenters. The van der Waals surface area contributed by atoms with Crippen LogP contribution in [0.1, 0.15) is 40.5 Å². The van der Waals surface area contributed by atoms with E-state index in [9.17, 15) is 23.6 Å². The largest absolute Gasteiger partial charge is 0.450 e. The summed E-state index contributed by atoms with van der Waals surface area (Å²) in [5, 5.41) is 2.91. The third-order valence-electron chi connectivity index (χ3n) is 6.75. The quantitative estimate of drug-likeness (QED) is 0.666. The molecule has 0 radical (unpaired) electrons. The van der Waals surface area contributed by atoms with Crippen molar-refractivity contribution in [2.75, 3.05) is 51.2 Å². The number of hydrogen-bond donors (Lipinski definition) is 1. The van der Waals surface area contributed by atoms with E-state index in [1.165, 1.54) is 24.3 Å². The lowest BCUT2D eigenvalue weighted by Gasteiger charge is -2.34. The molecule has 0 aromatic heterocycles. The van der Waals surface area contributed by atoms with Gasteiger partial charge in [0.15, 0.2) is 0 Å². The molecule has 0 spiro atoms. The van der Waals surface area contributed by atoms with Gasteiger partial charge in [0.2, 0.25) is 5.91 Å². The zero-order valence-corrected chi connectivity index (χ0v) is 20.8. The smallest absolute Gasteiger partial charge is 0.409 e. The number of para-hydroxylation sites is 1. The number of nitrogens with zero attached hydrogens (tertiary/aromatic N) is 3. The summed E-state index contributed by atoms with van der Waals surface area (Å²) >= 11 is 0. The van der Waals surface area contributed by atoms with Crippen LogP contribution < -0.4 is 5.32 Å². The average Bonchev–Trinajstić information content (AvgIpc) is 2.93. The molecule has 10 heteroatoms. The predicted molar refractivity (Wildman–Crippen MR) is 135 cm³/mol. The first kappa shape index (κ1) is 26.1. The standard InChI is InChI=1S/C27H31FN4O5/c1-2-37-27(36)32-17-15-31(16-18-32)26(35)22-5-3-4-6-23(22)29-24(33)19-11-13-30(14-12-19)25(34)20-7-9-21(28)10-8-20/h3-10,19H,2,11-18H2,1H3,(H,29,33). The van der Waals surface area contributed by atoms with Gasteiger partial charge in [-0.05, 0) is 56.2 Å². The fraction of sp³-hybridized carbons (Fsp3) is 0.407. The summed E-state index contributed by atoms with van der Waals surface area (Å²) in [4.78, 5) is 55.8. The first-order chi connectivity index (χ1) is 17.9. The summed E-state index contributed by atoms with van der Waals surface area (Å²) in [7, 11) is 0. The normalized spacial score (nSPS) is 16.3. The Kier molecular flexibility index (Phi) is 8.37. The minimum Gasteiger partial charge on any atom is -0.450 e. The van der Waals surface area contributed by atoms with Crippen LogP contribution in [0.5, 0.6) is 0 Å². The first-order valence-corrected chi connectivity index (χ1v) is 12.5. The Morgan fingerprint density at radius 1 is 0.838 bits per heavy atom. The maximum Gasteiger partial charge on any atom is 0.409 e. The molecule has 196 valence electrons. The van der Waals surface area contributed by atoms with Gasteiger partial charge in [0.1, 0.15) is 5.82 Å². The van der Waals surface area contributed by atoms with Crippen LogP contribution in [0.3, 0.4) is 0 Å². The Morgan fingerprint density at radius 2 is 1.43 bits per heavy atom. The Labute approximate surface area is 215 Å². The van der Waals surface area contributed by atoms with Crippen molar-refractivity contribution >= 4 is 29.5 Å². The number of rotatable bonds is 5. The van der Waals surface area contributed by atoms with E-state index in [0.29, 0.717) is 75.5 Å².